The second-order valence-corrected chi connectivity index (χ2v) is 5.61. The molecule has 1 aliphatic rings. The molecule has 18 heavy (non-hydrogen) atoms. The van der Waals surface area contributed by atoms with E-state index in [-0.39, 0.29) is 0 Å². The van der Waals surface area contributed by atoms with Gasteiger partial charge >= 0.3 is 0 Å². The first-order valence-electron chi connectivity index (χ1n) is 6.27. The number of ether oxygens (including phenoxy) is 1. The van der Waals surface area contributed by atoms with Gasteiger partial charge in [-0.05, 0) is 17.2 Å². The van der Waals surface area contributed by atoms with Gasteiger partial charge in [0.25, 0.3) is 0 Å². The van der Waals surface area contributed by atoms with Crippen LogP contribution in [-0.2, 0) is 11.3 Å². The maximum atomic E-state index is 5.85. The van der Waals surface area contributed by atoms with Gasteiger partial charge in [-0.3, -0.25) is 0 Å². The molecule has 0 N–H and O–H groups in total. The van der Waals surface area contributed by atoms with E-state index in [0.717, 1.165) is 12.4 Å². The van der Waals surface area contributed by atoms with Crippen LogP contribution in [-0.4, -0.2) is 12.4 Å². The zero-order valence-corrected chi connectivity index (χ0v) is 11.0. The fourth-order valence-corrected chi connectivity index (χ4v) is 3.49. The van der Waals surface area contributed by atoms with Crippen LogP contribution in [0.3, 0.4) is 0 Å². The molecule has 0 radical (unpaired) electrons. The normalized spacial score (nSPS) is 17.7. The largest absolute Gasteiger partial charge is 0.376 e. The molecule has 1 heterocycles. The van der Waals surface area contributed by atoms with Gasteiger partial charge in [0.2, 0.25) is 0 Å². The highest BCUT2D eigenvalue weighted by Gasteiger charge is 2.22. The molecule has 0 saturated carbocycles. The van der Waals surface area contributed by atoms with E-state index in [4.69, 9.17) is 4.74 Å². The zero-order chi connectivity index (χ0) is 12.2. The van der Waals surface area contributed by atoms with Crippen LogP contribution in [0.5, 0.6) is 0 Å². The smallest absolute Gasteiger partial charge is 0.0717 e. The SMILES string of the molecule is c1ccc(COCC2CSc3ccccc32)cc1. The summed E-state index contributed by atoms with van der Waals surface area (Å²) >= 11 is 1.94. The molecule has 0 aromatic heterocycles. The van der Waals surface area contributed by atoms with Crippen LogP contribution >= 0.6 is 11.8 Å². The van der Waals surface area contributed by atoms with E-state index < -0.39 is 0 Å². The lowest BCUT2D eigenvalue weighted by Gasteiger charge is -2.11. The number of thioether (sulfide) groups is 1. The van der Waals surface area contributed by atoms with E-state index in [1.165, 1.54) is 16.0 Å². The molecule has 1 aliphatic heterocycles. The number of benzene rings is 2. The first kappa shape index (κ1) is 11.8. The molecule has 0 fully saturated rings. The Bertz CT molecular complexity index is 510. The van der Waals surface area contributed by atoms with Crippen LogP contribution in [0.4, 0.5) is 0 Å². The molecule has 92 valence electrons. The third kappa shape index (κ3) is 2.60. The fraction of sp³-hybridized carbons (Fsp3) is 0.250. The highest BCUT2D eigenvalue weighted by Crippen LogP contribution is 2.39. The van der Waals surface area contributed by atoms with E-state index >= 15 is 0 Å². The number of fused-ring (bicyclic) bond motifs is 1. The summed E-state index contributed by atoms with van der Waals surface area (Å²) in [6.07, 6.45) is 0. The highest BCUT2D eigenvalue weighted by atomic mass is 32.2. The summed E-state index contributed by atoms with van der Waals surface area (Å²) in [5.41, 5.74) is 2.70. The highest BCUT2D eigenvalue weighted by molar-refractivity contribution is 7.99. The molecule has 1 atom stereocenters. The maximum absolute atomic E-state index is 5.85. The molecule has 0 amide bonds. The Kier molecular flexibility index (Phi) is 3.67. The second-order valence-electron chi connectivity index (χ2n) is 4.55. The van der Waals surface area contributed by atoms with Gasteiger partial charge < -0.3 is 4.74 Å². The van der Waals surface area contributed by atoms with Crippen LogP contribution in [0.15, 0.2) is 59.5 Å². The molecule has 0 aliphatic carbocycles. The summed E-state index contributed by atoms with van der Waals surface area (Å²) < 4.78 is 5.85. The van der Waals surface area contributed by atoms with E-state index in [0.29, 0.717) is 12.5 Å². The minimum absolute atomic E-state index is 0.551. The van der Waals surface area contributed by atoms with Crippen LogP contribution in [0.1, 0.15) is 17.0 Å². The lowest BCUT2D eigenvalue weighted by atomic mass is 10.0. The van der Waals surface area contributed by atoms with Gasteiger partial charge in [-0.25, -0.2) is 0 Å². The Morgan fingerprint density at radius 3 is 2.67 bits per heavy atom. The van der Waals surface area contributed by atoms with Crippen LogP contribution in [0.25, 0.3) is 0 Å². The summed E-state index contributed by atoms with van der Waals surface area (Å²) in [7, 11) is 0. The minimum atomic E-state index is 0.551. The Hall–Kier alpha value is -1.25. The molecule has 2 heteroatoms. The predicted molar refractivity (Wildman–Crippen MR) is 76.0 cm³/mol. The maximum Gasteiger partial charge on any atom is 0.0717 e. The Morgan fingerprint density at radius 2 is 1.78 bits per heavy atom. The Morgan fingerprint density at radius 1 is 1.00 bits per heavy atom. The molecule has 1 unspecified atom stereocenters. The third-order valence-corrected chi connectivity index (χ3v) is 4.48. The minimum Gasteiger partial charge on any atom is -0.376 e. The molecular weight excluding hydrogens is 240 g/mol. The van der Waals surface area contributed by atoms with Crippen molar-refractivity contribution < 1.29 is 4.74 Å². The summed E-state index contributed by atoms with van der Waals surface area (Å²) in [5.74, 6) is 1.70. The van der Waals surface area contributed by atoms with E-state index in [9.17, 15) is 0 Å². The molecule has 2 aromatic carbocycles. The van der Waals surface area contributed by atoms with Crippen molar-refractivity contribution in [2.24, 2.45) is 0 Å². The van der Waals surface area contributed by atoms with Crippen molar-refractivity contribution in [3.05, 3.63) is 65.7 Å². The summed E-state index contributed by atoms with van der Waals surface area (Å²) in [5, 5.41) is 0. The number of rotatable bonds is 4. The van der Waals surface area contributed by atoms with Gasteiger partial charge in [0.15, 0.2) is 0 Å². The van der Waals surface area contributed by atoms with Crippen LogP contribution in [0, 0.1) is 0 Å². The standard InChI is InChI=1S/C16H16OS/c1-2-6-13(7-3-1)10-17-11-14-12-18-16-9-5-4-8-15(14)16/h1-9,14H,10-12H2. The van der Waals surface area contributed by atoms with Gasteiger partial charge in [-0.1, -0.05) is 48.5 Å². The van der Waals surface area contributed by atoms with Crippen molar-refractivity contribution in [3.63, 3.8) is 0 Å². The quantitative estimate of drug-likeness (QED) is 0.814. The Balaban J connectivity index is 1.56. The predicted octanol–water partition coefficient (Wildman–Crippen LogP) is 4.09. The summed E-state index contributed by atoms with van der Waals surface area (Å²) in [6.45, 7) is 1.53. The molecule has 2 aromatic rings. The molecule has 0 saturated heterocycles. The lowest BCUT2D eigenvalue weighted by molar-refractivity contribution is 0.111. The number of hydrogen-bond donors (Lipinski definition) is 0. The van der Waals surface area contributed by atoms with Gasteiger partial charge in [0.05, 0.1) is 13.2 Å². The van der Waals surface area contributed by atoms with Crippen molar-refractivity contribution in [3.8, 4) is 0 Å². The molecule has 0 spiro atoms. The van der Waals surface area contributed by atoms with Crippen LogP contribution < -0.4 is 0 Å². The lowest BCUT2D eigenvalue weighted by Crippen LogP contribution is -2.07. The topological polar surface area (TPSA) is 9.23 Å². The summed E-state index contributed by atoms with van der Waals surface area (Å²) in [6, 6.07) is 19.0. The van der Waals surface area contributed by atoms with Gasteiger partial charge in [-0.2, -0.15) is 0 Å². The second kappa shape index (κ2) is 5.59. The number of hydrogen-bond acceptors (Lipinski definition) is 2. The average Bonchev–Trinajstić information content (AvgIpc) is 2.84. The van der Waals surface area contributed by atoms with Crippen LogP contribution in [0.2, 0.25) is 0 Å². The van der Waals surface area contributed by atoms with Gasteiger partial charge in [0, 0.05) is 16.6 Å². The van der Waals surface area contributed by atoms with Gasteiger partial charge in [-0.15, -0.1) is 11.8 Å². The molecule has 3 rings (SSSR count). The van der Waals surface area contributed by atoms with Crippen molar-refractivity contribution in [1.82, 2.24) is 0 Å². The van der Waals surface area contributed by atoms with Crippen molar-refractivity contribution in [1.29, 1.82) is 0 Å². The van der Waals surface area contributed by atoms with Crippen molar-refractivity contribution in [2.45, 2.75) is 17.4 Å². The zero-order valence-electron chi connectivity index (χ0n) is 10.2. The fourth-order valence-electron chi connectivity index (χ4n) is 2.26. The van der Waals surface area contributed by atoms with E-state index in [2.05, 4.69) is 48.5 Å². The molecule has 1 nitrogen and oxygen atoms in total. The molecule has 0 bridgehead atoms. The van der Waals surface area contributed by atoms with E-state index in [1.807, 2.05) is 17.8 Å². The first-order chi connectivity index (χ1) is 8.93. The first-order valence-corrected chi connectivity index (χ1v) is 7.25. The monoisotopic (exact) mass is 256 g/mol. The van der Waals surface area contributed by atoms with Crippen molar-refractivity contribution >= 4 is 11.8 Å². The Labute approximate surface area is 112 Å². The average molecular weight is 256 g/mol. The summed E-state index contributed by atoms with van der Waals surface area (Å²) in [4.78, 5) is 1.42. The molecular formula is C16H16OS. The third-order valence-electron chi connectivity index (χ3n) is 3.23. The van der Waals surface area contributed by atoms with Crippen molar-refractivity contribution in [2.75, 3.05) is 12.4 Å². The van der Waals surface area contributed by atoms with E-state index in [1.54, 1.807) is 0 Å². The van der Waals surface area contributed by atoms with Gasteiger partial charge in [0.1, 0.15) is 0 Å².